The number of nitrogens with zero attached hydrogens (tertiary/aromatic N) is 1. The van der Waals surface area contributed by atoms with Crippen LogP contribution in [-0.4, -0.2) is 49.1 Å². The Labute approximate surface area is 161 Å². The van der Waals surface area contributed by atoms with E-state index in [2.05, 4.69) is 0 Å². The van der Waals surface area contributed by atoms with Gasteiger partial charge in [-0.05, 0) is 42.1 Å². The molecule has 142 valence electrons. The molecule has 0 saturated carbocycles. The number of hydrogen-bond acceptors (Lipinski definition) is 6. The van der Waals surface area contributed by atoms with Crippen LogP contribution >= 0.6 is 11.3 Å². The lowest BCUT2D eigenvalue weighted by atomic mass is 9.97. The molecule has 27 heavy (non-hydrogen) atoms. The summed E-state index contributed by atoms with van der Waals surface area (Å²) in [5.41, 5.74) is 1.36. The second-order valence-corrected chi connectivity index (χ2v) is 7.16. The summed E-state index contributed by atoms with van der Waals surface area (Å²) >= 11 is 1.44. The summed E-state index contributed by atoms with van der Waals surface area (Å²) in [6, 6.07) is 8.27. The summed E-state index contributed by atoms with van der Waals surface area (Å²) in [5, 5.41) is 12.9. The number of thiophene rings is 1. The minimum absolute atomic E-state index is 0.104. The van der Waals surface area contributed by atoms with E-state index in [9.17, 15) is 14.7 Å². The van der Waals surface area contributed by atoms with Crippen LogP contribution < -0.4 is 4.74 Å². The van der Waals surface area contributed by atoms with Gasteiger partial charge in [0.15, 0.2) is 0 Å². The van der Waals surface area contributed by atoms with E-state index < -0.39 is 17.7 Å². The maximum absolute atomic E-state index is 12.8. The molecule has 1 saturated heterocycles. The fourth-order valence-corrected chi connectivity index (χ4v) is 4.06. The molecule has 1 N–H and O–H groups in total. The van der Waals surface area contributed by atoms with Crippen molar-refractivity contribution in [2.75, 3.05) is 27.4 Å². The second kappa shape index (κ2) is 7.94. The average molecular weight is 387 g/mol. The number of rotatable bonds is 6. The molecule has 7 heteroatoms. The molecule has 1 amide bonds. The normalized spacial score (nSPS) is 18.9. The minimum Gasteiger partial charge on any atom is -0.507 e. The average Bonchev–Trinajstić information content (AvgIpc) is 3.27. The third-order valence-corrected chi connectivity index (χ3v) is 5.50. The Morgan fingerprint density at radius 3 is 2.63 bits per heavy atom. The molecule has 0 radical (unpaired) electrons. The van der Waals surface area contributed by atoms with Crippen molar-refractivity contribution < 1.29 is 24.2 Å². The number of aliphatic hydroxyl groups is 1. The molecule has 1 aliphatic rings. The molecule has 1 aromatic carbocycles. The minimum atomic E-state index is -0.683. The number of ether oxygens (including phenoxy) is 2. The number of amides is 1. The largest absolute Gasteiger partial charge is 0.507 e. The number of likely N-dealkylation sites (tertiary alicyclic amines) is 1. The Morgan fingerprint density at radius 1 is 1.26 bits per heavy atom. The Balaban J connectivity index is 2.14. The summed E-state index contributed by atoms with van der Waals surface area (Å²) in [5.74, 6) is -0.832. The van der Waals surface area contributed by atoms with Crippen LogP contribution in [0.3, 0.4) is 0 Å². The highest BCUT2D eigenvalue weighted by Gasteiger charge is 2.46. The van der Waals surface area contributed by atoms with Crippen molar-refractivity contribution in [1.29, 1.82) is 0 Å². The quantitative estimate of drug-likeness (QED) is 0.468. The molecular formula is C20H21NO5S. The van der Waals surface area contributed by atoms with Crippen LogP contribution in [0.25, 0.3) is 5.76 Å². The van der Waals surface area contributed by atoms with Crippen LogP contribution in [0.5, 0.6) is 5.75 Å². The zero-order valence-electron chi connectivity index (χ0n) is 15.4. The number of carbonyl (C=O) groups is 2. The predicted octanol–water partition coefficient (Wildman–Crippen LogP) is 3.13. The number of benzene rings is 1. The van der Waals surface area contributed by atoms with Gasteiger partial charge in [-0.1, -0.05) is 6.07 Å². The number of aliphatic hydroxyl groups excluding tert-OH is 1. The molecule has 2 heterocycles. The van der Waals surface area contributed by atoms with Gasteiger partial charge in [-0.15, -0.1) is 11.3 Å². The predicted molar refractivity (Wildman–Crippen MR) is 103 cm³/mol. The van der Waals surface area contributed by atoms with Gasteiger partial charge in [0.2, 0.25) is 0 Å². The number of Topliss-reactive ketones (excluding diaryl/α,β-unsaturated/α-hetero) is 1. The highest BCUT2D eigenvalue weighted by atomic mass is 32.1. The van der Waals surface area contributed by atoms with Gasteiger partial charge >= 0.3 is 0 Å². The van der Waals surface area contributed by atoms with Crippen LogP contribution in [-0.2, 0) is 14.3 Å². The molecule has 0 aliphatic carbocycles. The van der Waals surface area contributed by atoms with Gasteiger partial charge in [-0.2, -0.15) is 0 Å². The number of aryl methyl sites for hydroxylation is 1. The topological polar surface area (TPSA) is 76.1 Å². The molecule has 1 atom stereocenters. The first-order chi connectivity index (χ1) is 13.0. The smallest absolute Gasteiger partial charge is 0.295 e. The van der Waals surface area contributed by atoms with Crippen molar-refractivity contribution in [2.24, 2.45) is 0 Å². The molecule has 0 spiro atoms. The Morgan fingerprint density at radius 2 is 2.04 bits per heavy atom. The first-order valence-electron chi connectivity index (χ1n) is 8.45. The van der Waals surface area contributed by atoms with E-state index in [0.29, 0.717) is 17.9 Å². The molecule has 1 aliphatic heterocycles. The lowest BCUT2D eigenvalue weighted by Gasteiger charge is -2.23. The first kappa shape index (κ1) is 19.1. The van der Waals surface area contributed by atoms with Crippen LogP contribution in [0.4, 0.5) is 0 Å². The number of hydrogen-bond donors (Lipinski definition) is 1. The second-order valence-electron chi connectivity index (χ2n) is 6.18. The lowest BCUT2D eigenvalue weighted by Crippen LogP contribution is -2.32. The first-order valence-corrected chi connectivity index (χ1v) is 9.33. The Kier molecular flexibility index (Phi) is 5.62. The molecule has 1 aromatic heterocycles. The fraction of sp³-hybridized carbons (Fsp3) is 0.300. The van der Waals surface area contributed by atoms with Crippen molar-refractivity contribution >= 4 is 28.8 Å². The highest BCUT2D eigenvalue weighted by molar-refractivity contribution is 7.10. The third-order valence-electron chi connectivity index (χ3n) is 4.58. The zero-order valence-corrected chi connectivity index (χ0v) is 16.2. The van der Waals surface area contributed by atoms with E-state index >= 15 is 0 Å². The van der Waals surface area contributed by atoms with Gasteiger partial charge < -0.3 is 19.5 Å². The molecule has 1 fully saturated rings. The Hall–Kier alpha value is -2.64. The van der Waals surface area contributed by atoms with Gasteiger partial charge in [0.1, 0.15) is 11.5 Å². The van der Waals surface area contributed by atoms with Crippen molar-refractivity contribution in [3.05, 3.63) is 57.3 Å². The maximum atomic E-state index is 12.8. The van der Waals surface area contributed by atoms with Gasteiger partial charge in [0.05, 0.1) is 25.3 Å². The van der Waals surface area contributed by atoms with E-state index in [1.54, 1.807) is 25.3 Å². The van der Waals surface area contributed by atoms with E-state index in [4.69, 9.17) is 9.47 Å². The van der Waals surface area contributed by atoms with E-state index in [1.807, 2.05) is 24.4 Å². The molecular weight excluding hydrogens is 366 g/mol. The summed E-state index contributed by atoms with van der Waals surface area (Å²) in [6.45, 7) is 2.39. The van der Waals surface area contributed by atoms with Crippen LogP contribution in [0, 0.1) is 6.92 Å². The summed E-state index contributed by atoms with van der Waals surface area (Å²) in [4.78, 5) is 27.7. The van der Waals surface area contributed by atoms with Crippen LogP contribution in [0.2, 0.25) is 0 Å². The van der Waals surface area contributed by atoms with Crippen LogP contribution in [0.15, 0.2) is 41.3 Å². The van der Waals surface area contributed by atoms with E-state index in [0.717, 1.165) is 10.4 Å². The number of carbonyl (C=O) groups excluding carboxylic acids is 2. The van der Waals surface area contributed by atoms with Gasteiger partial charge in [-0.3, -0.25) is 9.59 Å². The van der Waals surface area contributed by atoms with Crippen molar-refractivity contribution in [3.63, 3.8) is 0 Å². The maximum Gasteiger partial charge on any atom is 0.295 e. The standard InChI is InChI=1S/C20H21NO5S/c1-12-11-13(26-3)6-7-14(12)18(22)16-17(15-5-4-10-27-15)21(8-9-25-2)20(24)19(16)23/h4-7,10-11,17,22H,8-9H2,1-3H3/t17-/m1/s1. The van der Waals surface area contributed by atoms with E-state index in [-0.39, 0.29) is 17.9 Å². The van der Waals surface area contributed by atoms with Gasteiger partial charge in [0, 0.05) is 24.1 Å². The molecule has 0 unspecified atom stereocenters. The molecule has 3 rings (SSSR count). The van der Waals surface area contributed by atoms with Gasteiger partial charge in [-0.25, -0.2) is 0 Å². The zero-order chi connectivity index (χ0) is 19.6. The van der Waals surface area contributed by atoms with Crippen molar-refractivity contribution in [2.45, 2.75) is 13.0 Å². The van der Waals surface area contributed by atoms with E-state index in [1.165, 1.54) is 23.3 Å². The van der Waals surface area contributed by atoms with Crippen LogP contribution in [0.1, 0.15) is 22.0 Å². The monoisotopic (exact) mass is 387 g/mol. The molecule has 6 nitrogen and oxygen atoms in total. The number of methoxy groups -OCH3 is 2. The molecule has 2 aromatic rings. The van der Waals surface area contributed by atoms with Crippen molar-refractivity contribution in [1.82, 2.24) is 4.90 Å². The molecule has 0 bridgehead atoms. The number of ketones is 1. The summed E-state index contributed by atoms with van der Waals surface area (Å²) < 4.78 is 10.3. The summed E-state index contributed by atoms with van der Waals surface area (Å²) in [7, 11) is 3.10. The fourth-order valence-electron chi connectivity index (χ4n) is 3.22. The third kappa shape index (κ3) is 3.48. The Bertz CT molecular complexity index is 888. The van der Waals surface area contributed by atoms with Gasteiger partial charge in [0.25, 0.3) is 11.7 Å². The summed E-state index contributed by atoms with van der Waals surface area (Å²) in [6.07, 6.45) is 0. The lowest BCUT2D eigenvalue weighted by molar-refractivity contribution is -0.140. The SMILES string of the molecule is COCCN1C(=O)C(=O)C(=C(O)c2ccc(OC)cc2C)[C@H]1c1cccs1. The van der Waals surface area contributed by atoms with Crippen molar-refractivity contribution in [3.8, 4) is 5.75 Å². The highest BCUT2D eigenvalue weighted by Crippen LogP contribution is 2.41.